The van der Waals surface area contributed by atoms with Crippen molar-refractivity contribution in [1.29, 1.82) is 0 Å². The number of nitrogens with zero attached hydrogens (tertiary/aromatic N) is 4. The Morgan fingerprint density at radius 2 is 1.87 bits per heavy atom. The predicted octanol–water partition coefficient (Wildman–Crippen LogP) is 6.04. The fourth-order valence-electron chi connectivity index (χ4n) is 4.94. The number of fused-ring (bicyclic) bond motifs is 1. The van der Waals surface area contributed by atoms with Crippen LogP contribution in [-0.2, 0) is 10.2 Å². The standard InChI is InChI=1S/C27H27ClF3N5O2/c1-26(2,3)38-25(37)35-12-15(13-35)34-23-22(31)20-19(11-33-23)36(24-18(29)9-6-10-32-24)14-27(20,4)16-7-5-8-17(28)21(16)30/h5-11,15H,12-14H2,1-4H3,(H,33,34)/t27-/m1/s1. The Bertz CT molecular complexity index is 1410. The summed E-state index contributed by atoms with van der Waals surface area (Å²) in [5.41, 5.74) is -1.29. The third-order valence-electron chi connectivity index (χ3n) is 6.73. The van der Waals surface area contributed by atoms with Crippen molar-refractivity contribution in [3.05, 3.63) is 76.3 Å². The maximum Gasteiger partial charge on any atom is 0.410 e. The molecule has 2 aliphatic heterocycles. The van der Waals surface area contributed by atoms with Gasteiger partial charge < -0.3 is 19.9 Å². The Labute approximate surface area is 223 Å². The zero-order valence-corrected chi connectivity index (χ0v) is 22.1. The summed E-state index contributed by atoms with van der Waals surface area (Å²) in [7, 11) is 0. The number of carbonyl (C=O) groups is 1. The van der Waals surface area contributed by atoms with Crippen molar-refractivity contribution in [1.82, 2.24) is 14.9 Å². The summed E-state index contributed by atoms with van der Waals surface area (Å²) in [6.45, 7) is 7.64. The number of halogens is 4. The van der Waals surface area contributed by atoms with Gasteiger partial charge in [-0.15, -0.1) is 0 Å². The fourth-order valence-corrected chi connectivity index (χ4v) is 5.12. The Balaban J connectivity index is 1.50. The SMILES string of the molecule is CC(C)(C)OC(=O)N1CC(Nc2ncc3c(c2F)[C@@](C)(c2cccc(Cl)c2F)CN3c2ncccc2F)C1. The summed E-state index contributed by atoms with van der Waals surface area (Å²) in [6, 6.07) is 7.00. The molecule has 38 heavy (non-hydrogen) atoms. The van der Waals surface area contributed by atoms with Gasteiger partial charge in [-0.2, -0.15) is 0 Å². The second-order valence-electron chi connectivity index (χ2n) is 10.7. The van der Waals surface area contributed by atoms with E-state index in [4.69, 9.17) is 16.3 Å². The van der Waals surface area contributed by atoms with E-state index in [9.17, 15) is 9.18 Å². The summed E-state index contributed by atoms with van der Waals surface area (Å²) < 4.78 is 51.7. The van der Waals surface area contributed by atoms with Gasteiger partial charge >= 0.3 is 6.09 Å². The molecule has 11 heteroatoms. The number of likely N-dealkylation sites (tertiary alicyclic amines) is 1. The van der Waals surface area contributed by atoms with E-state index in [0.717, 1.165) is 0 Å². The number of benzene rings is 1. The van der Waals surface area contributed by atoms with Crippen LogP contribution in [0.1, 0.15) is 38.8 Å². The second kappa shape index (κ2) is 9.34. The molecule has 2 aliphatic rings. The van der Waals surface area contributed by atoms with Gasteiger partial charge in [0.1, 0.15) is 11.4 Å². The van der Waals surface area contributed by atoms with Gasteiger partial charge in [-0.25, -0.2) is 27.9 Å². The molecule has 1 fully saturated rings. The smallest absolute Gasteiger partial charge is 0.410 e. The first-order chi connectivity index (χ1) is 17.9. The number of hydrogen-bond acceptors (Lipinski definition) is 6. The number of carbonyl (C=O) groups excluding carboxylic acids is 1. The minimum atomic E-state index is -1.25. The quantitative estimate of drug-likeness (QED) is 0.431. The molecule has 4 heterocycles. The molecular formula is C27H27ClF3N5O2. The molecule has 3 aromatic rings. The molecule has 1 atom stereocenters. The first kappa shape index (κ1) is 26.1. The minimum absolute atomic E-state index is 0.00539. The van der Waals surface area contributed by atoms with E-state index in [1.165, 1.54) is 40.4 Å². The van der Waals surface area contributed by atoms with Crippen molar-refractivity contribution < 1.29 is 22.7 Å². The predicted molar refractivity (Wildman–Crippen MR) is 138 cm³/mol. The first-order valence-corrected chi connectivity index (χ1v) is 12.5. The van der Waals surface area contributed by atoms with Crippen molar-refractivity contribution in [3.8, 4) is 0 Å². The molecular weight excluding hydrogens is 519 g/mol. The zero-order chi connectivity index (χ0) is 27.4. The molecule has 0 bridgehead atoms. The van der Waals surface area contributed by atoms with Crippen LogP contribution in [0, 0.1) is 17.5 Å². The number of aromatic nitrogens is 2. The molecule has 0 spiro atoms. The highest BCUT2D eigenvalue weighted by Crippen LogP contribution is 2.50. The lowest BCUT2D eigenvalue weighted by molar-refractivity contribution is 0.0104. The topological polar surface area (TPSA) is 70.6 Å². The van der Waals surface area contributed by atoms with Crippen LogP contribution in [0.3, 0.4) is 0 Å². The molecule has 7 nitrogen and oxygen atoms in total. The maximum atomic E-state index is 16.2. The lowest BCUT2D eigenvalue weighted by atomic mass is 9.77. The van der Waals surface area contributed by atoms with Gasteiger partial charge in [0, 0.05) is 42.4 Å². The van der Waals surface area contributed by atoms with E-state index in [-0.39, 0.29) is 46.1 Å². The third-order valence-corrected chi connectivity index (χ3v) is 7.02. The Kier molecular flexibility index (Phi) is 6.41. The van der Waals surface area contributed by atoms with Crippen molar-refractivity contribution in [3.63, 3.8) is 0 Å². The van der Waals surface area contributed by atoms with Gasteiger partial charge in [0.2, 0.25) is 0 Å². The average molecular weight is 546 g/mol. The molecule has 200 valence electrons. The summed E-state index contributed by atoms with van der Waals surface area (Å²) in [5.74, 6) is -2.04. The van der Waals surface area contributed by atoms with E-state index in [0.29, 0.717) is 13.1 Å². The molecule has 0 saturated carbocycles. The largest absolute Gasteiger partial charge is 0.444 e. The van der Waals surface area contributed by atoms with Crippen LogP contribution in [-0.4, -0.2) is 52.2 Å². The molecule has 5 rings (SSSR count). The summed E-state index contributed by atoms with van der Waals surface area (Å²) >= 11 is 6.08. The van der Waals surface area contributed by atoms with Crippen molar-refractivity contribution in [2.24, 2.45) is 0 Å². The van der Waals surface area contributed by atoms with Crippen molar-refractivity contribution in [2.75, 3.05) is 29.9 Å². The van der Waals surface area contributed by atoms with Crippen LogP contribution in [0.15, 0.2) is 42.7 Å². The monoisotopic (exact) mass is 545 g/mol. The number of rotatable bonds is 4. The maximum absolute atomic E-state index is 16.2. The molecule has 1 N–H and O–H groups in total. The highest BCUT2D eigenvalue weighted by Gasteiger charge is 2.47. The van der Waals surface area contributed by atoms with Gasteiger partial charge in [0.05, 0.1) is 22.9 Å². The van der Waals surface area contributed by atoms with E-state index in [2.05, 4.69) is 15.3 Å². The van der Waals surface area contributed by atoms with Crippen LogP contribution in [0.25, 0.3) is 0 Å². The lowest BCUT2D eigenvalue weighted by Crippen LogP contribution is -2.58. The van der Waals surface area contributed by atoms with Crippen molar-refractivity contribution >= 4 is 35.0 Å². The first-order valence-electron chi connectivity index (χ1n) is 12.1. The Morgan fingerprint density at radius 3 is 2.55 bits per heavy atom. The summed E-state index contributed by atoms with van der Waals surface area (Å²) in [6.07, 6.45) is 2.41. The highest BCUT2D eigenvalue weighted by atomic mass is 35.5. The molecule has 1 amide bonds. The van der Waals surface area contributed by atoms with E-state index < -0.39 is 34.6 Å². The second-order valence-corrected chi connectivity index (χ2v) is 11.1. The van der Waals surface area contributed by atoms with Gasteiger partial charge in [0.15, 0.2) is 23.3 Å². The van der Waals surface area contributed by atoms with Crippen LogP contribution < -0.4 is 10.2 Å². The number of nitrogens with one attached hydrogen (secondary N) is 1. The van der Waals surface area contributed by atoms with Crippen molar-refractivity contribution in [2.45, 2.75) is 44.8 Å². The Hall–Kier alpha value is -3.53. The molecule has 2 aromatic heterocycles. The zero-order valence-electron chi connectivity index (χ0n) is 21.4. The van der Waals surface area contributed by atoms with Crippen LogP contribution in [0.5, 0.6) is 0 Å². The fraction of sp³-hybridized carbons (Fsp3) is 0.370. The number of amides is 1. The van der Waals surface area contributed by atoms with E-state index in [1.54, 1.807) is 39.8 Å². The molecule has 0 aliphatic carbocycles. The molecule has 1 saturated heterocycles. The van der Waals surface area contributed by atoms with Crippen LogP contribution in [0.4, 0.5) is 35.3 Å². The number of anilines is 3. The Morgan fingerprint density at radius 1 is 1.13 bits per heavy atom. The number of hydrogen-bond donors (Lipinski definition) is 1. The lowest BCUT2D eigenvalue weighted by Gasteiger charge is -2.40. The molecule has 0 unspecified atom stereocenters. The summed E-state index contributed by atoms with van der Waals surface area (Å²) in [4.78, 5) is 23.7. The van der Waals surface area contributed by atoms with Crippen LogP contribution >= 0.6 is 11.6 Å². The number of ether oxygens (including phenoxy) is 1. The number of pyridine rings is 2. The highest BCUT2D eigenvalue weighted by molar-refractivity contribution is 6.30. The summed E-state index contributed by atoms with van der Waals surface area (Å²) in [5, 5.41) is 2.94. The van der Waals surface area contributed by atoms with E-state index in [1.807, 2.05) is 0 Å². The minimum Gasteiger partial charge on any atom is -0.444 e. The normalized spacial score (nSPS) is 19.3. The van der Waals surface area contributed by atoms with E-state index >= 15 is 8.78 Å². The van der Waals surface area contributed by atoms with Gasteiger partial charge in [-0.3, -0.25) is 0 Å². The van der Waals surface area contributed by atoms with Crippen LogP contribution in [0.2, 0.25) is 5.02 Å². The molecule has 0 radical (unpaired) electrons. The third kappa shape index (κ3) is 4.51. The van der Waals surface area contributed by atoms with Gasteiger partial charge in [0.25, 0.3) is 0 Å². The molecule has 1 aromatic carbocycles. The van der Waals surface area contributed by atoms with Gasteiger partial charge in [-0.1, -0.05) is 23.7 Å². The van der Waals surface area contributed by atoms with Gasteiger partial charge in [-0.05, 0) is 45.9 Å². The average Bonchev–Trinajstić information content (AvgIpc) is 3.12.